The predicted molar refractivity (Wildman–Crippen MR) is 57.3 cm³/mol. The summed E-state index contributed by atoms with van der Waals surface area (Å²) in [6.45, 7) is 5.80. The molecular weight excluding hydrogens is 176 g/mol. The number of aryl methyl sites for hydroxylation is 2. The highest BCUT2D eigenvalue weighted by Crippen LogP contribution is 2.14. The van der Waals surface area contributed by atoms with Crippen molar-refractivity contribution in [2.24, 2.45) is 0 Å². The molecule has 0 unspecified atom stereocenters. The second-order valence-electron chi connectivity index (χ2n) is 3.23. The normalized spacial score (nSPS) is 9.93. The van der Waals surface area contributed by atoms with Gasteiger partial charge in [-0.3, -0.25) is 9.78 Å². The van der Waals surface area contributed by atoms with E-state index in [0.29, 0.717) is 6.42 Å². The van der Waals surface area contributed by atoms with E-state index in [0.717, 1.165) is 23.4 Å². The highest BCUT2D eigenvalue weighted by atomic mass is 16.1. The zero-order valence-electron chi connectivity index (χ0n) is 8.92. The Bertz CT molecular complexity index is 334. The molecule has 76 valence electrons. The van der Waals surface area contributed by atoms with Crippen molar-refractivity contribution >= 4 is 11.6 Å². The summed E-state index contributed by atoms with van der Waals surface area (Å²) in [6, 6.07) is 1.98. The maximum atomic E-state index is 11.2. The number of hydrogen-bond acceptors (Lipinski definition) is 2. The Kier molecular flexibility index (Phi) is 3.63. The molecule has 0 atom stereocenters. The van der Waals surface area contributed by atoms with E-state index in [9.17, 15) is 4.79 Å². The van der Waals surface area contributed by atoms with E-state index in [1.54, 1.807) is 0 Å². The molecule has 14 heavy (non-hydrogen) atoms. The number of pyridine rings is 1. The molecule has 1 amide bonds. The maximum Gasteiger partial charge on any atom is 0.224 e. The van der Waals surface area contributed by atoms with Gasteiger partial charge in [0.2, 0.25) is 5.91 Å². The van der Waals surface area contributed by atoms with E-state index in [-0.39, 0.29) is 5.91 Å². The molecule has 1 aromatic rings. The number of hydrogen-bond donors (Lipinski definition) is 1. The molecule has 3 nitrogen and oxygen atoms in total. The monoisotopic (exact) mass is 192 g/mol. The van der Waals surface area contributed by atoms with Crippen molar-refractivity contribution in [3.8, 4) is 0 Å². The Hall–Kier alpha value is -1.38. The average molecular weight is 192 g/mol. The zero-order valence-corrected chi connectivity index (χ0v) is 8.92. The van der Waals surface area contributed by atoms with Gasteiger partial charge in [0.05, 0.1) is 11.4 Å². The number of carbonyl (C=O) groups is 1. The summed E-state index contributed by atoms with van der Waals surface area (Å²) in [5.41, 5.74) is 2.84. The van der Waals surface area contributed by atoms with Crippen LogP contribution in [0.4, 0.5) is 5.69 Å². The molecule has 0 fully saturated rings. The molecule has 0 saturated heterocycles. The van der Waals surface area contributed by atoms with Crippen molar-refractivity contribution < 1.29 is 4.79 Å². The van der Waals surface area contributed by atoms with Crippen LogP contribution in [0, 0.1) is 6.92 Å². The number of anilines is 1. The van der Waals surface area contributed by atoms with Crippen molar-refractivity contribution in [3.63, 3.8) is 0 Å². The summed E-state index contributed by atoms with van der Waals surface area (Å²) >= 11 is 0. The van der Waals surface area contributed by atoms with Crippen molar-refractivity contribution in [2.75, 3.05) is 5.32 Å². The predicted octanol–water partition coefficient (Wildman–Crippen LogP) is 2.30. The second kappa shape index (κ2) is 4.74. The summed E-state index contributed by atoms with van der Waals surface area (Å²) in [5.74, 6) is 0.0307. The molecule has 1 N–H and O–H groups in total. The molecule has 0 aromatic carbocycles. The molecule has 0 aliphatic heterocycles. The fourth-order valence-corrected chi connectivity index (χ4v) is 1.13. The molecule has 1 rings (SSSR count). The maximum absolute atomic E-state index is 11.2. The molecule has 3 heteroatoms. The Labute approximate surface area is 84.6 Å². The van der Waals surface area contributed by atoms with Crippen LogP contribution in [-0.4, -0.2) is 10.9 Å². The number of nitrogens with zero attached hydrogens (tertiary/aromatic N) is 1. The Morgan fingerprint density at radius 3 is 2.79 bits per heavy atom. The van der Waals surface area contributed by atoms with Crippen LogP contribution in [0.25, 0.3) is 0 Å². The van der Waals surface area contributed by atoms with Gasteiger partial charge in [0, 0.05) is 12.6 Å². The summed E-state index contributed by atoms with van der Waals surface area (Å²) in [5, 5.41) is 2.83. The Morgan fingerprint density at radius 1 is 1.50 bits per heavy atom. The fourth-order valence-electron chi connectivity index (χ4n) is 1.13. The second-order valence-corrected chi connectivity index (χ2v) is 3.23. The van der Waals surface area contributed by atoms with Gasteiger partial charge in [0.15, 0.2) is 0 Å². The first kappa shape index (κ1) is 10.7. The van der Waals surface area contributed by atoms with E-state index in [1.165, 1.54) is 0 Å². The topological polar surface area (TPSA) is 42.0 Å². The van der Waals surface area contributed by atoms with Gasteiger partial charge in [-0.05, 0) is 25.0 Å². The highest BCUT2D eigenvalue weighted by Gasteiger charge is 2.03. The van der Waals surface area contributed by atoms with E-state index in [2.05, 4.69) is 17.2 Å². The van der Waals surface area contributed by atoms with Crippen LogP contribution in [0.1, 0.15) is 31.5 Å². The molecule has 0 saturated carbocycles. The van der Waals surface area contributed by atoms with Crippen molar-refractivity contribution in [2.45, 2.75) is 33.6 Å². The van der Waals surface area contributed by atoms with Crippen molar-refractivity contribution in [1.29, 1.82) is 0 Å². The summed E-state index contributed by atoms with van der Waals surface area (Å²) < 4.78 is 0. The van der Waals surface area contributed by atoms with Crippen LogP contribution in [0.3, 0.4) is 0 Å². The quantitative estimate of drug-likeness (QED) is 0.798. The summed E-state index contributed by atoms with van der Waals surface area (Å²) in [4.78, 5) is 15.4. The highest BCUT2D eigenvalue weighted by molar-refractivity contribution is 5.91. The summed E-state index contributed by atoms with van der Waals surface area (Å²) in [7, 11) is 0. The largest absolute Gasteiger partial charge is 0.325 e. The molecule has 0 bridgehead atoms. The van der Waals surface area contributed by atoms with Crippen LogP contribution >= 0.6 is 0 Å². The SMILES string of the molecule is CCC(=O)Nc1cc(CC)cnc1C. The Morgan fingerprint density at radius 2 is 2.21 bits per heavy atom. The van der Waals surface area contributed by atoms with Gasteiger partial charge in [-0.1, -0.05) is 13.8 Å². The van der Waals surface area contributed by atoms with Crippen LogP contribution in [-0.2, 0) is 11.2 Å². The smallest absolute Gasteiger partial charge is 0.224 e. The third kappa shape index (κ3) is 2.55. The van der Waals surface area contributed by atoms with E-state index < -0.39 is 0 Å². The molecule has 1 heterocycles. The summed E-state index contributed by atoms with van der Waals surface area (Å²) in [6.07, 6.45) is 3.27. The van der Waals surface area contributed by atoms with Gasteiger partial charge in [-0.2, -0.15) is 0 Å². The van der Waals surface area contributed by atoms with Gasteiger partial charge in [-0.25, -0.2) is 0 Å². The first-order chi connectivity index (χ1) is 6.67. The molecule has 0 radical (unpaired) electrons. The molecular formula is C11H16N2O. The first-order valence-corrected chi connectivity index (χ1v) is 4.92. The van der Waals surface area contributed by atoms with Crippen LogP contribution in [0.2, 0.25) is 0 Å². The minimum atomic E-state index is 0.0307. The van der Waals surface area contributed by atoms with Gasteiger partial charge in [0.1, 0.15) is 0 Å². The molecule has 0 aliphatic rings. The van der Waals surface area contributed by atoms with Gasteiger partial charge in [0.25, 0.3) is 0 Å². The number of carbonyl (C=O) groups excluding carboxylic acids is 1. The van der Waals surface area contributed by atoms with Gasteiger partial charge >= 0.3 is 0 Å². The molecule has 0 aliphatic carbocycles. The van der Waals surface area contributed by atoms with E-state index >= 15 is 0 Å². The van der Waals surface area contributed by atoms with Crippen molar-refractivity contribution in [3.05, 3.63) is 23.5 Å². The average Bonchev–Trinajstić information content (AvgIpc) is 2.21. The number of nitrogens with one attached hydrogen (secondary N) is 1. The zero-order chi connectivity index (χ0) is 10.6. The lowest BCUT2D eigenvalue weighted by Gasteiger charge is -2.07. The Balaban J connectivity index is 2.89. The minimum absolute atomic E-state index is 0.0307. The van der Waals surface area contributed by atoms with Gasteiger partial charge < -0.3 is 5.32 Å². The third-order valence-electron chi connectivity index (χ3n) is 2.15. The fraction of sp³-hybridized carbons (Fsp3) is 0.455. The lowest BCUT2D eigenvalue weighted by Crippen LogP contribution is -2.11. The number of amides is 1. The lowest BCUT2D eigenvalue weighted by atomic mass is 10.2. The van der Waals surface area contributed by atoms with Crippen LogP contribution in [0.5, 0.6) is 0 Å². The number of rotatable bonds is 3. The number of aromatic nitrogens is 1. The van der Waals surface area contributed by atoms with Crippen LogP contribution in [0.15, 0.2) is 12.3 Å². The standard InChI is InChI=1S/C11H16N2O/c1-4-9-6-10(8(3)12-7-9)13-11(14)5-2/h6-7H,4-5H2,1-3H3,(H,13,14). The minimum Gasteiger partial charge on any atom is -0.325 e. The van der Waals surface area contributed by atoms with E-state index in [1.807, 2.05) is 26.1 Å². The molecule has 1 aromatic heterocycles. The lowest BCUT2D eigenvalue weighted by molar-refractivity contribution is -0.115. The van der Waals surface area contributed by atoms with Crippen LogP contribution < -0.4 is 5.32 Å². The van der Waals surface area contributed by atoms with Gasteiger partial charge in [-0.15, -0.1) is 0 Å². The van der Waals surface area contributed by atoms with Crippen molar-refractivity contribution in [1.82, 2.24) is 4.98 Å². The molecule has 0 spiro atoms. The third-order valence-corrected chi connectivity index (χ3v) is 2.15. The first-order valence-electron chi connectivity index (χ1n) is 4.92. The van der Waals surface area contributed by atoms with E-state index in [4.69, 9.17) is 0 Å².